The third-order valence-electron chi connectivity index (χ3n) is 10.7. The summed E-state index contributed by atoms with van der Waals surface area (Å²) in [6, 6.07) is 0. The zero-order valence-electron chi connectivity index (χ0n) is 35.7. The summed E-state index contributed by atoms with van der Waals surface area (Å²) in [7, 11) is 2.04. The van der Waals surface area contributed by atoms with Gasteiger partial charge in [0.05, 0.1) is 6.61 Å². The largest absolute Gasteiger partial charge is 0.466 e. The van der Waals surface area contributed by atoms with Crippen LogP contribution in [0.5, 0.6) is 0 Å². The number of hydrogen-bond donors (Lipinski definition) is 1. The lowest BCUT2D eigenvalue weighted by Crippen LogP contribution is -2.29. The fourth-order valence-electron chi connectivity index (χ4n) is 7.21. The first-order chi connectivity index (χ1) is 25.6. The Morgan fingerprint density at radius 3 is 1.33 bits per heavy atom. The highest BCUT2D eigenvalue weighted by Gasteiger charge is 2.14. The molecule has 0 atom stereocenters. The lowest BCUT2D eigenvalue weighted by atomic mass is 10.0. The normalized spacial score (nSPS) is 11.6. The number of nitrogens with one attached hydrogen (secondary N) is 1. The molecule has 52 heavy (non-hydrogen) atoms. The molecule has 1 N–H and O–H groups in total. The number of carbonyl (C=O) groups excluding carboxylic acids is 2. The van der Waals surface area contributed by atoms with E-state index in [0.717, 1.165) is 58.0 Å². The fourth-order valence-corrected chi connectivity index (χ4v) is 7.21. The van der Waals surface area contributed by atoms with E-state index in [-0.39, 0.29) is 18.0 Å². The lowest BCUT2D eigenvalue weighted by molar-refractivity contribution is -0.150. The lowest BCUT2D eigenvalue weighted by Gasteiger charge is -2.22. The fraction of sp³-hybridized carbons (Fsp3) is 0.957. The second kappa shape index (κ2) is 42.6. The van der Waals surface area contributed by atoms with Crippen molar-refractivity contribution in [2.24, 2.45) is 0 Å². The van der Waals surface area contributed by atoms with Gasteiger partial charge in [0.1, 0.15) is 6.10 Å². The van der Waals surface area contributed by atoms with E-state index in [0.29, 0.717) is 19.4 Å². The summed E-state index contributed by atoms with van der Waals surface area (Å²) in [4.78, 5) is 27.5. The maximum Gasteiger partial charge on any atom is 0.306 e. The monoisotopic (exact) mass is 737 g/mol. The molecule has 0 aliphatic rings. The SMILES string of the molecule is CCCCCCCCCOC(=O)CCCCCCCN(CCCCCCCC(=O)OC(CCCCCCCC)CCCCCCCC)CCCNC. The summed E-state index contributed by atoms with van der Waals surface area (Å²) in [5.41, 5.74) is 0. The molecule has 0 rings (SSSR count). The van der Waals surface area contributed by atoms with Crippen molar-refractivity contribution in [2.75, 3.05) is 39.8 Å². The maximum absolute atomic E-state index is 12.8. The minimum Gasteiger partial charge on any atom is -0.466 e. The highest BCUT2D eigenvalue weighted by atomic mass is 16.5. The highest BCUT2D eigenvalue weighted by Crippen LogP contribution is 2.18. The quantitative estimate of drug-likeness (QED) is 0.0496. The molecule has 0 aromatic heterocycles. The number of ether oxygens (including phenoxy) is 2. The van der Waals surface area contributed by atoms with Crippen LogP contribution in [0.25, 0.3) is 0 Å². The zero-order valence-corrected chi connectivity index (χ0v) is 35.7. The van der Waals surface area contributed by atoms with Crippen LogP contribution in [-0.4, -0.2) is 62.8 Å². The Labute approximate surface area is 325 Å². The Kier molecular flexibility index (Phi) is 41.7. The van der Waals surface area contributed by atoms with Crippen LogP contribution in [0.2, 0.25) is 0 Å². The molecule has 0 saturated carbocycles. The van der Waals surface area contributed by atoms with E-state index >= 15 is 0 Å². The first-order valence-electron chi connectivity index (χ1n) is 23.3. The Morgan fingerprint density at radius 1 is 0.462 bits per heavy atom. The van der Waals surface area contributed by atoms with Crippen LogP contribution in [0.1, 0.15) is 239 Å². The van der Waals surface area contributed by atoms with E-state index in [2.05, 4.69) is 31.0 Å². The number of esters is 2. The van der Waals surface area contributed by atoms with Crippen LogP contribution < -0.4 is 5.32 Å². The van der Waals surface area contributed by atoms with Gasteiger partial charge in [0, 0.05) is 12.8 Å². The van der Waals surface area contributed by atoms with Gasteiger partial charge in [-0.2, -0.15) is 0 Å². The average Bonchev–Trinajstić information content (AvgIpc) is 3.14. The van der Waals surface area contributed by atoms with Gasteiger partial charge < -0.3 is 19.7 Å². The van der Waals surface area contributed by atoms with Gasteiger partial charge in [-0.1, -0.05) is 162 Å². The van der Waals surface area contributed by atoms with Crippen molar-refractivity contribution in [2.45, 2.75) is 245 Å². The topological polar surface area (TPSA) is 67.9 Å². The number of hydrogen-bond acceptors (Lipinski definition) is 6. The van der Waals surface area contributed by atoms with Gasteiger partial charge in [0.15, 0.2) is 0 Å². The van der Waals surface area contributed by atoms with Crippen molar-refractivity contribution in [3.8, 4) is 0 Å². The van der Waals surface area contributed by atoms with Crippen molar-refractivity contribution < 1.29 is 19.1 Å². The molecule has 0 fully saturated rings. The van der Waals surface area contributed by atoms with Crippen molar-refractivity contribution >= 4 is 11.9 Å². The van der Waals surface area contributed by atoms with Crippen molar-refractivity contribution in [1.29, 1.82) is 0 Å². The molecule has 0 unspecified atom stereocenters. The maximum atomic E-state index is 12.8. The Hall–Kier alpha value is -1.14. The summed E-state index contributed by atoms with van der Waals surface area (Å²) >= 11 is 0. The van der Waals surface area contributed by atoms with Crippen molar-refractivity contribution in [3.63, 3.8) is 0 Å². The van der Waals surface area contributed by atoms with E-state index in [1.165, 1.54) is 174 Å². The molecule has 6 heteroatoms. The summed E-state index contributed by atoms with van der Waals surface area (Å²) < 4.78 is 11.5. The molecule has 0 radical (unpaired) electrons. The van der Waals surface area contributed by atoms with Crippen LogP contribution in [0.15, 0.2) is 0 Å². The van der Waals surface area contributed by atoms with E-state index in [9.17, 15) is 9.59 Å². The second-order valence-electron chi connectivity index (χ2n) is 15.9. The van der Waals surface area contributed by atoms with Crippen LogP contribution in [0, 0.1) is 0 Å². The molecular weight excluding hydrogens is 645 g/mol. The average molecular weight is 737 g/mol. The van der Waals surface area contributed by atoms with E-state index in [1.54, 1.807) is 0 Å². The minimum atomic E-state index is -0.00660. The highest BCUT2D eigenvalue weighted by molar-refractivity contribution is 5.69. The molecule has 0 amide bonds. The molecule has 0 bridgehead atoms. The molecule has 0 spiro atoms. The number of carbonyl (C=O) groups is 2. The summed E-state index contributed by atoms with van der Waals surface area (Å²) in [5.74, 6) is 0.0317. The van der Waals surface area contributed by atoms with Crippen LogP contribution in [-0.2, 0) is 19.1 Å². The summed E-state index contributed by atoms with van der Waals surface area (Å²) in [6.07, 6.45) is 40.4. The smallest absolute Gasteiger partial charge is 0.306 e. The molecule has 310 valence electrons. The Bertz CT molecular complexity index is 717. The predicted octanol–water partition coefficient (Wildman–Crippen LogP) is 13.3. The number of nitrogens with zero attached hydrogens (tertiary/aromatic N) is 1. The van der Waals surface area contributed by atoms with Crippen molar-refractivity contribution in [1.82, 2.24) is 10.2 Å². The molecular formula is C46H92N2O4. The number of rotatable bonds is 43. The van der Waals surface area contributed by atoms with E-state index in [4.69, 9.17) is 9.47 Å². The van der Waals surface area contributed by atoms with E-state index in [1.807, 2.05) is 7.05 Å². The van der Waals surface area contributed by atoms with Gasteiger partial charge in [-0.3, -0.25) is 9.59 Å². The van der Waals surface area contributed by atoms with Gasteiger partial charge in [-0.15, -0.1) is 0 Å². The molecule has 0 aliphatic carbocycles. The van der Waals surface area contributed by atoms with Gasteiger partial charge in [-0.25, -0.2) is 0 Å². The molecule has 0 heterocycles. The first-order valence-corrected chi connectivity index (χ1v) is 23.3. The zero-order chi connectivity index (χ0) is 38.0. The second-order valence-corrected chi connectivity index (χ2v) is 15.9. The molecule has 0 saturated heterocycles. The standard InChI is InChI=1S/C46H92N2O4/c1-5-8-11-14-17-26-33-43-51-45(49)37-29-22-18-24-31-40-48(42-34-39-47-4)41-32-25-19-23-30-38-46(50)52-44(35-27-20-15-12-9-6-2)36-28-21-16-13-10-7-3/h44,47H,5-43H2,1-4H3. The molecule has 0 aromatic carbocycles. The van der Waals surface area contributed by atoms with Crippen LogP contribution in [0.4, 0.5) is 0 Å². The van der Waals surface area contributed by atoms with Crippen LogP contribution >= 0.6 is 0 Å². The van der Waals surface area contributed by atoms with Gasteiger partial charge in [0.2, 0.25) is 0 Å². The summed E-state index contributed by atoms with van der Waals surface area (Å²) in [5, 5.41) is 3.30. The van der Waals surface area contributed by atoms with Crippen molar-refractivity contribution in [3.05, 3.63) is 0 Å². The molecule has 6 nitrogen and oxygen atoms in total. The molecule has 0 aromatic rings. The van der Waals surface area contributed by atoms with Gasteiger partial charge in [-0.05, 0) is 97.4 Å². The molecule has 0 aliphatic heterocycles. The minimum absolute atomic E-state index is 0.00660. The predicted molar refractivity (Wildman–Crippen MR) is 225 cm³/mol. The van der Waals surface area contributed by atoms with Gasteiger partial charge in [0.25, 0.3) is 0 Å². The van der Waals surface area contributed by atoms with Gasteiger partial charge >= 0.3 is 11.9 Å². The summed E-state index contributed by atoms with van der Waals surface area (Å²) in [6.45, 7) is 12.0. The van der Waals surface area contributed by atoms with Crippen LogP contribution in [0.3, 0.4) is 0 Å². The third-order valence-corrected chi connectivity index (χ3v) is 10.7. The first kappa shape index (κ1) is 50.9. The Balaban J connectivity index is 4.09. The van der Waals surface area contributed by atoms with E-state index < -0.39 is 0 Å². The Morgan fingerprint density at radius 2 is 0.846 bits per heavy atom. The third kappa shape index (κ3) is 38.6. The number of unbranched alkanes of at least 4 members (excludes halogenated alkanes) is 24.